The van der Waals surface area contributed by atoms with Crippen molar-refractivity contribution in [1.82, 2.24) is 19.2 Å². The normalized spacial score (nSPS) is 14.8. The summed E-state index contributed by atoms with van der Waals surface area (Å²) in [4.78, 5) is 32.6. The number of pyridine rings is 1. The zero-order chi connectivity index (χ0) is 25.9. The Labute approximate surface area is 213 Å². The molecule has 0 aliphatic carbocycles. The monoisotopic (exact) mass is 536 g/mol. The molecule has 5 rings (SSSR count). The zero-order valence-corrected chi connectivity index (χ0v) is 20.9. The van der Waals surface area contributed by atoms with Gasteiger partial charge >= 0.3 is 12.1 Å². The lowest BCUT2D eigenvalue weighted by molar-refractivity contribution is -0.192. The summed E-state index contributed by atoms with van der Waals surface area (Å²) in [6, 6.07) is 12.2. The highest BCUT2D eigenvalue weighted by molar-refractivity contribution is 7.20. The van der Waals surface area contributed by atoms with Crippen LogP contribution < -0.4 is 0 Å². The average Bonchev–Trinajstić information content (AvgIpc) is 3.57. The first-order valence-electron chi connectivity index (χ1n) is 11.0. The van der Waals surface area contributed by atoms with Crippen LogP contribution in [0.2, 0.25) is 0 Å². The lowest BCUT2D eigenvalue weighted by Crippen LogP contribution is -2.34. The van der Waals surface area contributed by atoms with Crippen LogP contribution in [-0.2, 0) is 4.79 Å². The molecule has 190 valence electrons. The number of amides is 1. The van der Waals surface area contributed by atoms with Gasteiger partial charge in [-0.3, -0.25) is 4.79 Å². The smallest absolute Gasteiger partial charge is 0.475 e. The SMILES string of the molecule is CN1CCCN(C(=O)c2cc(-c3csc(-c4cccs4)n3)n3ccccc23)CC1.O=C(O)C(F)(F)F. The topological polar surface area (TPSA) is 78.1 Å². The molecule has 1 aliphatic rings. The van der Waals surface area contributed by atoms with Crippen LogP contribution in [0.15, 0.2) is 53.4 Å². The van der Waals surface area contributed by atoms with Crippen molar-refractivity contribution in [2.24, 2.45) is 0 Å². The predicted molar refractivity (Wildman–Crippen MR) is 134 cm³/mol. The number of alkyl halides is 3. The molecule has 1 aliphatic heterocycles. The maximum atomic E-state index is 13.4. The molecule has 0 atom stereocenters. The van der Waals surface area contributed by atoms with Gasteiger partial charge < -0.3 is 19.3 Å². The Morgan fingerprint density at radius 3 is 2.53 bits per heavy atom. The predicted octanol–water partition coefficient (Wildman–Crippen LogP) is 5.20. The van der Waals surface area contributed by atoms with E-state index in [1.807, 2.05) is 41.4 Å². The second-order valence-electron chi connectivity index (χ2n) is 8.17. The maximum Gasteiger partial charge on any atom is 0.490 e. The number of thiazole rings is 1. The lowest BCUT2D eigenvalue weighted by Gasteiger charge is -2.20. The summed E-state index contributed by atoms with van der Waals surface area (Å²) in [7, 11) is 2.12. The van der Waals surface area contributed by atoms with E-state index in [2.05, 4.69) is 33.2 Å². The van der Waals surface area contributed by atoms with Crippen LogP contribution in [0.4, 0.5) is 13.2 Å². The zero-order valence-electron chi connectivity index (χ0n) is 19.2. The van der Waals surface area contributed by atoms with E-state index in [-0.39, 0.29) is 5.91 Å². The van der Waals surface area contributed by atoms with Gasteiger partial charge in [0.15, 0.2) is 0 Å². The summed E-state index contributed by atoms with van der Waals surface area (Å²) >= 11 is 3.34. The van der Waals surface area contributed by atoms with Gasteiger partial charge in [0.2, 0.25) is 0 Å². The first-order valence-corrected chi connectivity index (χ1v) is 12.8. The van der Waals surface area contributed by atoms with Crippen molar-refractivity contribution in [3.8, 4) is 21.3 Å². The minimum absolute atomic E-state index is 0.115. The molecule has 36 heavy (non-hydrogen) atoms. The van der Waals surface area contributed by atoms with E-state index in [1.54, 1.807) is 22.7 Å². The number of nitrogens with zero attached hydrogens (tertiary/aromatic N) is 4. The summed E-state index contributed by atoms with van der Waals surface area (Å²) in [5.74, 6) is -2.64. The van der Waals surface area contributed by atoms with E-state index in [9.17, 15) is 18.0 Å². The number of hydrogen-bond donors (Lipinski definition) is 1. The van der Waals surface area contributed by atoms with Gasteiger partial charge in [-0.2, -0.15) is 13.2 Å². The Hall–Kier alpha value is -3.22. The first-order chi connectivity index (χ1) is 17.1. The maximum absolute atomic E-state index is 13.4. The number of carboxylic acids is 1. The first kappa shape index (κ1) is 25.9. The molecule has 1 saturated heterocycles. The number of rotatable bonds is 3. The lowest BCUT2D eigenvalue weighted by atomic mass is 10.2. The molecule has 0 unspecified atom stereocenters. The molecule has 0 aromatic carbocycles. The highest BCUT2D eigenvalue weighted by Gasteiger charge is 2.38. The van der Waals surface area contributed by atoms with Gasteiger partial charge in [-0.15, -0.1) is 22.7 Å². The summed E-state index contributed by atoms with van der Waals surface area (Å²) in [5.41, 5.74) is 3.58. The van der Waals surface area contributed by atoms with E-state index in [4.69, 9.17) is 14.9 Å². The van der Waals surface area contributed by atoms with Gasteiger partial charge in [-0.05, 0) is 49.7 Å². The van der Waals surface area contributed by atoms with Gasteiger partial charge in [0.1, 0.15) is 5.01 Å². The third-order valence-electron chi connectivity index (χ3n) is 5.65. The summed E-state index contributed by atoms with van der Waals surface area (Å²) in [6.45, 7) is 3.53. The van der Waals surface area contributed by atoms with E-state index in [0.717, 1.165) is 60.1 Å². The molecule has 0 radical (unpaired) electrons. The van der Waals surface area contributed by atoms with Crippen LogP contribution in [0.25, 0.3) is 26.8 Å². The van der Waals surface area contributed by atoms with Crippen LogP contribution in [0, 0.1) is 0 Å². The Balaban J connectivity index is 0.000000384. The molecule has 0 spiro atoms. The average molecular weight is 537 g/mol. The number of thiophene rings is 1. The molecule has 0 bridgehead atoms. The molecule has 4 aromatic rings. The van der Waals surface area contributed by atoms with Crippen molar-refractivity contribution in [3.63, 3.8) is 0 Å². The number of aliphatic carboxylic acids is 1. The van der Waals surface area contributed by atoms with Crippen LogP contribution in [-0.4, -0.2) is 75.6 Å². The van der Waals surface area contributed by atoms with Crippen molar-refractivity contribution in [2.45, 2.75) is 12.6 Å². The van der Waals surface area contributed by atoms with Crippen molar-refractivity contribution < 1.29 is 27.9 Å². The molecule has 0 saturated carbocycles. The minimum atomic E-state index is -5.08. The highest BCUT2D eigenvalue weighted by Crippen LogP contribution is 2.33. The number of carbonyl (C=O) groups excluding carboxylic acids is 1. The van der Waals surface area contributed by atoms with Gasteiger partial charge in [-0.25, -0.2) is 9.78 Å². The number of hydrogen-bond acceptors (Lipinski definition) is 6. The number of carboxylic acid groups (broad SMARTS) is 1. The number of fused-ring (bicyclic) bond motifs is 1. The molecular weight excluding hydrogens is 513 g/mol. The Morgan fingerprint density at radius 2 is 1.83 bits per heavy atom. The van der Waals surface area contributed by atoms with Crippen LogP contribution in [0.5, 0.6) is 0 Å². The van der Waals surface area contributed by atoms with E-state index < -0.39 is 12.1 Å². The standard InChI is InChI=1S/C22H22N4OS2.C2HF3O2/c1-24-8-5-9-25(12-11-24)22(27)16-14-19(26-10-3-2-6-18(16)26)17-15-29-21(23-17)20-7-4-13-28-20;3-2(4,5)1(6)7/h2-4,6-7,10,13-15H,5,8-9,11-12H2,1H3;(H,6,7). The van der Waals surface area contributed by atoms with Crippen LogP contribution >= 0.6 is 22.7 Å². The molecular formula is C24H23F3N4O3S2. The Bertz CT molecular complexity index is 1350. The summed E-state index contributed by atoms with van der Waals surface area (Å²) in [5, 5.41) is 12.3. The van der Waals surface area contributed by atoms with Gasteiger partial charge in [0.05, 0.1) is 27.3 Å². The summed E-state index contributed by atoms with van der Waals surface area (Å²) < 4.78 is 33.8. The fourth-order valence-electron chi connectivity index (χ4n) is 3.85. The number of halogens is 3. The van der Waals surface area contributed by atoms with Crippen molar-refractivity contribution in [2.75, 3.05) is 33.2 Å². The number of likely N-dealkylation sites (N-methyl/N-ethyl adjacent to an activating group) is 1. The molecule has 1 N–H and O–H groups in total. The molecule has 1 amide bonds. The second-order valence-corrected chi connectivity index (χ2v) is 9.97. The quantitative estimate of drug-likeness (QED) is 0.389. The van der Waals surface area contributed by atoms with Crippen molar-refractivity contribution >= 4 is 40.1 Å². The molecule has 7 nitrogen and oxygen atoms in total. The van der Waals surface area contributed by atoms with Gasteiger partial charge in [0, 0.05) is 31.2 Å². The largest absolute Gasteiger partial charge is 0.490 e. The van der Waals surface area contributed by atoms with Crippen molar-refractivity contribution in [3.05, 3.63) is 58.9 Å². The van der Waals surface area contributed by atoms with Gasteiger partial charge in [-0.1, -0.05) is 12.1 Å². The highest BCUT2D eigenvalue weighted by atomic mass is 32.1. The van der Waals surface area contributed by atoms with E-state index in [1.165, 1.54) is 4.88 Å². The number of aromatic nitrogens is 2. The second kappa shape index (κ2) is 10.8. The fourth-order valence-corrected chi connectivity index (χ4v) is 5.47. The molecule has 4 aromatic heterocycles. The molecule has 1 fully saturated rings. The third-order valence-corrected chi connectivity index (χ3v) is 7.54. The van der Waals surface area contributed by atoms with Crippen LogP contribution in [0.3, 0.4) is 0 Å². The molecule has 12 heteroatoms. The Kier molecular flexibility index (Phi) is 7.76. The van der Waals surface area contributed by atoms with Gasteiger partial charge in [0.25, 0.3) is 5.91 Å². The van der Waals surface area contributed by atoms with E-state index in [0.29, 0.717) is 0 Å². The summed E-state index contributed by atoms with van der Waals surface area (Å²) in [6.07, 6.45) is -2.06. The van der Waals surface area contributed by atoms with Crippen molar-refractivity contribution in [1.29, 1.82) is 0 Å². The minimum Gasteiger partial charge on any atom is -0.475 e. The van der Waals surface area contributed by atoms with Crippen LogP contribution in [0.1, 0.15) is 16.8 Å². The Morgan fingerprint density at radius 1 is 1.06 bits per heavy atom. The van der Waals surface area contributed by atoms with E-state index >= 15 is 0 Å². The third kappa shape index (κ3) is 5.77. The fraction of sp³-hybridized carbons (Fsp3) is 0.292. The molecule has 5 heterocycles. The number of carbonyl (C=O) groups is 2.